The molecule has 2 heterocycles. The van der Waals surface area contributed by atoms with Crippen molar-refractivity contribution in [3.05, 3.63) is 57.9 Å². The van der Waals surface area contributed by atoms with E-state index < -0.39 is 6.04 Å². The number of amides is 1. The van der Waals surface area contributed by atoms with Crippen LogP contribution in [0.5, 0.6) is 0 Å². The standard InChI is InChI=1S/C19H20N4O3S2/c1-12(24)16(8-14-6-4-3-5-7-14)21-17(25)11-28-19-23-22-18(26-19)9-15-10-27-13(2)20-15/h3-7,10,16H,8-9,11H2,1-2H3,(H,21,25)/t16-/m0/s1. The third kappa shape index (κ3) is 6.00. The third-order valence-corrected chi connectivity index (χ3v) is 5.52. The summed E-state index contributed by atoms with van der Waals surface area (Å²) < 4.78 is 5.55. The second kappa shape index (κ2) is 9.61. The number of nitrogens with one attached hydrogen (secondary N) is 1. The molecule has 0 aliphatic rings. The van der Waals surface area contributed by atoms with Crippen LogP contribution in [-0.2, 0) is 22.4 Å². The highest BCUT2D eigenvalue weighted by Gasteiger charge is 2.18. The molecule has 1 aromatic carbocycles. The van der Waals surface area contributed by atoms with Gasteiger partial charge in [-0.15, -0.1) is 21.5 Å². The van der Waals surface area contributed by atoms with Crippen LogP contribution in [0, 0.1) is 6.92 Å². The molecular weight excluding hydrogens is 396 g/mol. The monoisotopic (exact) mass is 416 g/mol. The van der Waals surface area contributed by atoms with Gasteiger partial charge in [0, 0.05) is 5.38 Å². The summed E-state index contributed by atoms with van der Waals surface area (Å²) in [7, 11) is 0. The Balaban J connectivity index is 1.49. The molecule has 146 valence electrons. The molecule has 3 aromatic rings. The van der Waals surface area contributed by atoms with Crippen molar-refractivity contribution in [1.82, 2.24) is 20.5 Å². The highest BCUT2D eigenvalue weighted by molar-refractivity contribution is 7.99. The van der Waals surface area contributed by atoms with E-state index in [2.05, 4.69) is 20.5 Å². The van der Waals surface area contributed by atoms with Gasteiger partial charge in [-0.25, -0.2) is 4.98 Å². The van der Waals surface area contributed by atoms with Gasteiger partial charge in [-0.3, -0.25) is 9.59 Å². The number of benzene rings is 1. The Kier molecular flexibility index (Phi) is 6.94. The molecule has 1 N–H and O–H groups in total. The zero-order valence-electron chi connectivity index (χ0n) is 15.5. The molecule has 0 aliphatic heterocycles. The molecule has 3 rings (SSSR count). The Morgan fingerprint density at radius 3 is 2.71 bits per heavy atom. The van der Waals surface area contributed by atoms with Gasteiger partial charge in [-0.1, -0.05) is 42.1 Å². The van der Waals surface area contributed by atoms with Gasteiger partial charge in [-0.05, 0) is 25.8 Å². The molecule has 0 saturated carbocycles. The fourth-order valence-corrected chi connectivity index (χ4v) is 3.73. The normalized spacial score (nSPS) is 11.9. The van der Waals surface area contributed by atoms with E-state index in [0.29, 0.717) is 24.0 Å². The smallest absolute Gasteiger partial charge is 0.277 e. The van der Waals surface area contributed by atoms with Crippen molar-refractivity contribution in [3.63, 3.8) is 0 Å². The molecule has 0 bridgehead atoms. The Morgan fingerprint density at radius 2 is 2.04 bits per heavy atom. The van der Waals surface area contributed by atoms with Crippen molar-refractivity contribution in [2.24, 2.45) is 0 Å². The minimum absolute atomic E-state index is 0.0826. The van der Waals surface area contributed by atoms with Crippen molar-refractivity contribution in [2.45, 2.75) is 38.0 Å². The van der Waals surface area contributed by atoms with E-state index in [4.69, 9.17) is 4.42 Å². The van der Waals surface area contributed by atoms with E-state index in [9.17, 15) is 9.59 Å². The summed E-state index contributed by atoms with van der Waals surface area (Å²) in [5.41, 5.74) is 1.88. The van der Waals surface area contributed by atoms with E-state index in [1.807, 2.05) is 42.6 Å². The lowest BCUT2D eigenvalue weighted by Gasteiger charge is -2.15. The molecule has 0 spiro atoms. The van der Waals surface area contributed by atoms with Crippen LogP contribution in [-0.4, -0.2) is 38.7 Å². The van der Waals surface area contributed by atoms with Gasteiger partial charge in [0.05, 0.1) is 28.9 Å². The Labute approximate surface area is 171 Å². The van der Waals surface area contributed by atoms with Gasteiger partial charge in [0.2, 0.25) is 11.8 Å². The lowest BCUT2D eigenvalue weighted by atomic mass is 10.0. The molecule has 0 saturated heterocycles. The topological polar surface area (TPSA) is 98.0 Å². The number of carbonyl (C=O) groups is 2. The fraction of sp³-hybridized carbons (Fsp3) is 0.316. The fourth-order valence-electron chi connectivity index (χ4n) is 2.52. The van der Waals surface area contributed by atoms with Crippen LogP contribution >= 0.6 is 23.1 Å². The number of thioether (sulfide) groups is 1. The SMILES string of the molecule is CC(=O)[C@H](Cc1ccccc1)NC(=O)CSc1nnc(Cc2csc(C)n2)o1. The molecule has 0 radical (unpaired) electrons. The maximum absolute atomic E-state index is 12.2. The molecule has 28 heavy (non-hydrogen) atoms. The molecule has 0 unspecified atom stereocenters. The van der Waals surface area contributed by atoms with Crippen LogP contribution in [0.3, 0.4) is 0 Å². The van der Waals surface area contributed by atoms with Gasteiger partial charge in [0.15, 0.2) is 5.78 Å². The average molecular weight is 417 g/mol. The number of aromatic nitrogens is 3. The van der Waals surface area contributed by atoms with Crippen LogP contribution in [0.2, 0.25) is 0 Å². The molecule has 0 aliphatic carbocycles. The van der Waals surface area contributed by atoms with Crippen molar-refractivity contribution in [3.8, 4) is 0 Å². The first kappa shape index (κ1) is 20.2. The van der Waals surface area contributed by atoms with E-state index in [1.165, 1.54) is 6.92 Å². The summed E-state index contributed by atoms with van der Waals surface area (Å²) in [5.74, 6) is 0.214. The van der Waals surface area contributed by atoms with E-state index in [-0.39, 0.29) is 17.4 Å². The van der Waals surface area contributed by atoms with Crippen molar-refractivity contribution < 1.29 is 14.0 Å². The van der Waals surface area contributed by atoms with Gasteiger partial charge < -0.3 is 9.73 Å². The van der Waals surface area contributed by atoms with Crippen LogP contribution in [0.1, 0.15) is 29.1 Å². The van der Waals surface area contributed by atoms with Crippen LogP contribution in [0.15, 0.2) is 45.4 Å². The predicted octanol–water partition coefficient (Wildman–Crippen LogP) is 2.83. The van der Waals surface area contributed by atoms with Crippen LogP contribution in [0.4, 0.5) is 0 Å². The number of hydrogen-bond acceptors (Lipinski definition) is 8. The van der Waals surface area contributed by atoms with E-state index in [1.54, 1.807) is 11.3 Å². The average Bonchev–Trinajstić information content (AvgIpc) is 3.29. The third-order valence-electron chi connectivity index (χ3n) is 3.88. The highest BCUT2D eigenvalue weighted by atomic mass is 32.2. The zero-order chi connectivity index (χ0) is 19.9. The van der Waals surface area contributed by atoms with Gasteiger partial charge >= 0.3 is 0 Å². The quantitative estimate of drug-likeness (QED) is 0.536. The molecular formula is C19H20N4O3S2. The molecule has 7 nitrogen and oxygen atoms in total. The number of nitrogens with zero attached hydrogens (tertiary/aromatic N) is 3. The second-order valence-corrected chi connectivity index (χ2v) is 8.19. The summed E-state index contributed by atoms with van der Waals surface area (Å²) in [6.07, 6.45) is 0.928. The molecule has 1 amide bonds. The van der Waals surface area contributed by atoms with Gasteiger partial charge in [-0.2, -0.15) is 0 Å². The summed E-state index contributed by atoms with van der Waals surface area (Å²) in [4.78, 5) is 28.5. The number of aryl methyl sites for hydroxylation is 1. The Bertz CT molecular complexity index is 940. The van der Waals surface area contributed by atoms with Crippen LogP contribution < -0.4 is 5.32 Å². The highest BCUT2D eigenvalue weighted by Crippen LogP contribution is 2.18. The van der Waals surface area contributed by atoms with E-state index >= 15 is 0 Å². The van der Waals surface area contributed by atoms with Gasteiger partial charge in [0.1, 0.15) is 0 Å². The maximum atomic E-state index is 12.2. The lowest BCUT2D eigenvalue weighted by molar-refractivity contribution is -0.125. The molecule has 1 atom stereocenters. The Morgan fingerprint density at radius 1 is 1.25 bits per heavy atom. The maximum Gasteiger partial charge on any atom is 0.277 e. The first-order chi connectivity index (χ1) is 13.5. The Hall–Kier alpha value is -2.52. The number of carbonyl (C=O) groups excluding carboxylic acids is 2. The van der Waals surface area contributed by atoms with Crippen LogP contribution in [0.25, 0.3) is 0 Å². The molecule has 2 aromatic heterocycles. The number of thiazole rings is 1. The summed E-state index contributed by atoms with van der Waals surface area (Å²) in [5, 5.41) is 14.0. The second-order valence-electron chi connectivity index (χ2n) is 6.21. The van der Waals surface area contributed by atoms with E-state index in [0.717, 1.165) is 28.0 Å². The van der Waals surface area contributed by atoms with Gasteiger partial charge in [0.25, 0.3) is 5.22 Å². The van der Waals surface area contributed by atoms with Crippen molar-refractivity contribution in [2.75, 3.05) is 5.75 Å². The first-order valence-corrected chi connectivity index (χ1v) is 10.6. The zero-order valence-corrected chi connectivity index (χ0v) is 17.2. The summed E-state index contributed by atoms with van der Waals surface area (Å²) in [6.45, 7) is 3.42. The summed E-state index contributed by atoms with van der Waals surface area (Å²) in [6, 6.07) is 9.03. The largest absolute Gasteiger partial charge is 0.416 e. The lowest BCUT2D eigenvalue weighted by Crippen LogP contribution is -2.42. The number of rotatable bonds is 9. The molecule has 9 heteroatoms. The predicted molar refractivity (Wildman–Crippen MR) is 107 cm³/mol. The molecule has 0 fully saturated rings. The number of ketones is 1. The summed E-state index contributed by atoms with van der Waals surface area (Å²) >= 11 is 2.71. The van der Waals surface area contributed by atoms with Crippen molar-refractivity contribution >= 4 is 34.8 Å². The van der Waals surface area contributed by atoms with Crippen molar-refractivity contribution in [1.29, 1.82) is 0 Å². The number of hydrogen-bond donors (Lipinski definition) is 1. The first-order valence-electron chi connectivity index (χ1n) is 8.69. The minimum atomic E-state index is -0.554. The number of Topliss-reactive ketones (excluding diaryl/α,β-unsaturated/α-hetero) is 1. The minimum Gasteiger partial charge on any atom is -0.416 e.